The van der Waals surface area contributed by atoms with Gasteiger partial charge in [0.15, 0.2) is 6.10 Å². The van der Waals surface area contributed by atoms with Crippen molar-refractivity contribution in [3.05, 3.63) is 0 Å². The van der Waals surface area contributed by atoms with Gasteiger partial charge in [0.1, 0.15) is 6.61 Å². The molecule has 0 amide bonds. The van der Waals surface area contributed by atoms with E-state index in [0.29, 0.717) is 0 Å². The Labute approximate surface area is 257 Å². The molecule has 0 aliphatic heterocycles. The van der Waals surface area contributed by atoms with E-state index in [0.717, 1.165) is 19.3 Å². The number of hydrogen-bond acceptors (Lipinski definition) is 8. The van der Waals surface area contributed by atoms with E-state index in [1.54, 1.807) is 0 Å². The van der Waals surface area contributed by atoms with Crippen molar-refractivity contribution in [3.63, 3.8) is 0 Å². The van der Waals surface area contributed by atoms with Crippen LogP contribution >= 0.6 is 7.82 Å². The van der Waals surface area contributed by atoms with Gasteiger partial charge in [-0.2, -0.15) is 0 Å². The lowest BCUT2D eigenvalue weighted by molar-refractivity contribution is -0.159. The SMILES string of the molecule is CCCCCCCCCCCCCCCCCCCCCCCCC(=O)OC[C@H](COP(=O)(O)OCCN)OC(C)=O. The zero-order chi connectivity index (χ0) is 31.2. The maximum absolute atomic E-state index is 12.0. The fourth-order valence-electron chi connectivity index (χ4n) is 4.87. The molecule has 0 aromatic rings. The summed E-state index contributed by atoms with van der Waals surface area (Å²) in [5, 5.41) is 0. The van der Waals surface area contributed by atoms with E-state index < -0.39 is 32.5 Å². The molecule has 0 heterocycles. The number of ether oxygens (including phenoxy) is 2. The van der Waals surface area contributed by atoms with Crippen LogP contribution in [-0.2, 0) is 32.7 Å². The summed E-state index contributed by atoms with van der Waals surface area (Å²) in [5.74, 6) is -1.01. The van der Waals surface area contributed by atoms with Gasteiger partial charge < -0.3 is 20.1 Å². The molecular weight excluding hydrogens is 557 g/mol. The van der Waals surface area contributed by atoms with Crippen LogP contribution in [0, 0.1) is 0 Å². The molecule has 0 aliphatic carbocycles. The standard InChI is InChI=1S/C32H64NO8P/c1-3-4-5-6-7-8-9-10-11-12-13-14-15-16-17-18-19-20-21-22-23-24-25-32(35)38-28-31(41-30(2)34)29-40-42(36,37)39-27-26-33/h31H,3-29,33H2,1-2H3,(H,36,37)/t31-/m1/s1. The molecule has 0 bridgehead atoms. The minimum Gasteiger partial charge on any atom is -0.462 e. The third-order valence-corrected chi connectivity index (χ3v) is 8.28. The van der Waals surface area contributed by atoms with Gasteiger partial charge in [-0.05, 0) is 6.42 Å². The summed E-state index contributed by atoms with van der Waals surface area (Å²) in [6, 6.07) is 0. The molecule has 3 N–H and O–H groups in total. The summed E-state index contributed by atoms with van der Waals surface area (Å²) in [6.07, 6.45) is 28.2. The molecule has 0 spiro atoms. The van der Waals surface area contributed by atoms with Gasteiger partial charge in [-0.25, -0.2) is 4.57 Å². The molecule has 1 unspecified atom stereocenters. The third kappa shape index (κ3) is 30.5. The highest BCUT2D eigenvalue weighted by molar-refractivity contribution is 7.47. The van der Waals surface area contributed by atoms with Crippen molar-refractivity contribution < 1.29 is 37.6 Å². The molecule has 0 aromatic heterocycles. The molecule has 42 heavy (non-hydrogen) atoms. The predicted molar refractivity (Wildman–Crippen MR) is 169 cm³/mol. The molecule has 0 aromatic carbocycles. The zero-order valence-electron chi connectivity index (χ0n) is 27.0. The van der Waals surface area contributed by atoms with E-state index in [1.807, 2.05) is 0 Å². The monoisotopic (exact) mass is 621 g/mol. The molecule has 0 aliphatic rings. The largest absolute Gasteiger partial charge is 0.472 e. The molecule has 2 atom stereocenters. The van der Waals surface area contributed by atoms with Gasteiger partial charge in [0, 0.05) is 19.9 Å². The molecule has 0 saturated heterocycles. The average Bonchev–Trinajstić information content (AvgIpc) is 2.96. The van der Waals surface area contributed by atoms with Crippen LogP contribution in [0.5, 0.6) is 0 Å². The second-order valence-corrected chi connectivity index (χ2v) is 12.9. The van der Waals surface area contributed by atoms with Gasteiger partial charge in [-0.15, -0.1) is 0 Å². The first-order chi connectivity index (χ1) is 20.3. The lowest BCUT2D eigenvalue weighted by Crippen LogP contribution is -2.28. The zero-order valence-corrected chi connectivity index (χ0v) is 27.9. The van der Waals surface area contributed by atoms with Crippen molar-refractivity contribution in [2.75, 3.05) is 26.4 Å². The number of esters is 2. The predicted octanol–water partition coefficient (Wildman–Crippen LogP) is 8.55. The fraction of sp³-hybridized carbons (Fsp3) is 0.938. The van der Waals surface area contributed by atoms with E-state index in [1.165, 1.54) is 129 Å². The van der Waals surface area contributed by atoms with Crippen molar-refractivity contribution in [2.24, 2.45) is 5.73 Å². The van der Waals surface area contributed by atoms with Crippen molar-refractivity contribution in [2.45, 2.75) is 168 Å². The summed E-state index contributed by atoms with van der Waals surface area (Å²) >= 11 is 0. The molecule has 10 heteroatoms. The first-order valence-corrected chi connectivity index (χ1v) is 18.4. The van der Waals surface area contributed by atoms with Crippen LogP contribution in [0.3, 0.4) is 0 Å². The van der Waals surface area contributed by atoms with Crippen molar-refractivity contribution >= 4 is 19.8 Å². The highest BCUT2D eigenvalue weighted by Gasteiger charge is 2.25. The molecule has 0 rings (SSSR count). The number of carbonyl (C=O) groups excluding carboxylic acids is 2. The van der Waals surface area contributed by atoms with Crippen LogP contribution in [0.4, 0.5) is 0 Å². The van der Waals surface area contributed by atoms with Gasteiger partial charge in [-0.1, -0.05) is 142 Å². The van der Waals surface area contributed by atoms with Crippen LogP contribution < -0.4 is 5.73 Å². The average molecular weight is 622 g/mol. The van der Waals surface area contributed by atoms with Crippen molar-refractivity contribution in [1.82, 2.24) is 0 Å². The molecule has 0 saturated carbocycles. The fourth-order valence-corrected chi connectivity index (χ4v) is 5.63. The minimum atomic E-state index is -4.32. The summed E-state index contributed by atoms with van der Waals surface area (Å²) in [5.41, 5.74) is 5.23. The first-order valence-electron chi connectivity index (χ1n) is 17.0. The Morgan fingerprint density at radius 1 is 0.667 bits per heavy atom. The molecule has 0 fully saturated rings. The Balaban J connectivity index is 3.55. The van der Waals surface area contributed by atoms with Crippen molar-refractivity contribution in [1.29, 1.82) is 0 Å². The maximum Gasteiger partial charge on any atom is 0.472 e. The maximum atomic E-state index is 12.0. The molecular formula is C32H64NO8P. The smallest absolute Gasteiger partial charge is 0.462 e. The number of nitrogens with two attached hydrogens (primary N) is 1. The Morgan fingerprint density at radius 2 is 1.07 bits per heavy atom. The molecule has 250 valence electrons. The van der Waals surface area contributed by atoms with Crippen LogP contribution in [0.25, 0.3) is 0 Å². The van der Waals surface area contributed by atoms with Crippen LogP contribution in [-0.4, -0.2) is 49.3 Å². The molecule has 0 radical (unpaired) electrons. The van der Waals surface area contributed by atoms with Gasteiger partial charge in [0.05, 0.1) is 13.2 Å². The lowest BCUT2D eigenvalue weighted by atomic mass is 10.0. The second-order valence-electron chi connectivity index (χ2n) is 11.5. The Bertz CT molecular complexity index is 679. The van der Waals surface area contributed by atoms with E-state index >= 15 is 0 Å². The highest BCUT2D eigenvalue weighted by atomic mass is 31.2. The van der Waals surface area contributed by atoms with Gasteiger partial charge in [0.25, 0.3) is 0 Å². The van der Waals surface area contributed by atoms with Crippen LogP contribution in [0.2, 0.25) is 0 Å². The summed E-state index contributed by atoms with van der Waals surface area (Å²) in [6.45, 7) is 2.68. The quantitative estimate of drug-likeness (QED) is 0.0430. The van der Waals surface area contributed by atoms with E-state index in [4.69, 9.17) is 19.7 Å². The normalized spacial score (nSPS) is 13.5. The summed E-state index contributed by atoms with van der Waals surface area (Å²) in [7, 11) is -4.32. The number of carbonyl (C=O) groups is 2. The number of unbranched alkanes of at least 4 members (excludes halogenated alkanes) is 21. The van der Waals surface area contributed by atoms with Gasteiger partial charge >= 0.3 is 19.8 Å². The third-order valence-electron chi connectivity index (χ3n) is 7.29. The highest BCUT2D eigenvalue weighted by Crippen LogP contribution is 2.43. The number of phosphoric ester groups is 1. The summed E-state index contributed by atoms with van der Waals surface area (Å²) in [4.78, 5) is 32.9. The first kappa shape index (κ1) is 41.0. The van der Waals surface area contributed by atoms with Crippen LogP contribution in [0.1, 0.15) is 162 Å². The van der Waals surface area contributed by atoms with E-state index in [-0.39, 0.29) is 26.2 Å². The minimum absolute atomic E-state index is 0.0540. The molecule has 9 nitrogen and oxygen atoms in total. The van der Waals surface area contributed by atoms with Gasteiger partial charge in [0.2, 0.25) is 0 Å². The Morgan fingerprint density at radius 3 is 1.45 bits per heavy atom. The Kier molecular flexibility index (Phi) is 29.3. The summed E-state index contributed by atoms with van der Waals surface area (Å²) < 4.78 is 31.3. The number of phosphoric acid groups is 1. The van der Waals surface area contributed by atoms with E-state index in [2.05, 4.69) is 11.4 Å². The number of rotatable bonds is 32. The number of hydrogen-bond donors (Lipinski definition) is 2. The van der Waals surface area contributed by atoms with Crippen LogP contribution in [0.15, 0.2) is 0 Å². The Hall–Kier alpha value is -0.990. The van der Waals surface area contributed by atoms with Crippen molar-refractivity contribution in [3.8, 4) is 0 Å². The topological polar surface area (TPSA) is 134 Å². The van der Waals surface area contributed by atoms with E-state index in [9.17, 15) is 19.0 Å². The lowest BCUT2D eigenvalue weighted by Gasteiger charge is -2.19. The van der Waals surface area contributed by atoms with Gasteiger partial charge in [-0.3, -0.25) is 18.6 Å². The second kappa shape index (κ2) is 30.1.